The Morgan fingerprint density at radius 1 is 0.920 bits per heavy atom. The third-order valence-electron chi connectivity index (χ3n) is 5.12. The van der Waals surface area contributed by atoms with Crippen molar-refractivity contribution in [3.05, 3.63) is 18.3 Å². The highest BCUT2D eigenvalue weighted by molar-refractivity contribution is 7.89. The second-order valence-electron chi connectivity index (χ2n) is 7.03. The van der Waals surface area contributed by atoms with Crippen molar-refractivity contribution in [2.75, 3.05) is 44.6 Å². The van der Waals surface area contributed by atoms with E-state index in [1.54, 1.807) is 16.4 Å². The summed E-state index contributed by atoms with van der Waals surface area (Å²) in [5, 5.41) is 3.31. The molecule has 1 aromatic rings. The average molecular weight is 367 g/mol. The van der Waals surface area contributed by atoms with Crippen molar-refractivity contribution in [3.8, 4) is 0 Å². The van der Waals surface area contributed by atoms with Crippen LogP contribution in [0, 0.1) is 0 Å². The molecule has 7 heteroatoms. The summed E-state index contributed by atoms with van der Waals surface area (Å²) in [7, 11) is -3.39. The number of anilines is 1. The van der Waals surface area contributed by atoms with Crippen LogP contribution in [0.4, 0.5) is 5.82 Å². The molecule has 0 unspecified atom stereocenters. The largest absolute Gasteiger partial charge is 0.369 e. The summed E-state index contributed by atoms with van der Waals surface area (Å²) in [6.07, 6.45) is 9.77. The predicted octanol–water partition coefficient (Wildman–Crippen LogP) is 2.54. The van der Waals surface area contributed by atoms with Crippen LogP contribution in [0.15, 0.2) is 23.2 Å². The van der Waals surface area contributed by atoms with Gasteiger partial charge in [-0.25, -0.2) is 13.4 Å². The Labute approximate surface area is 151 Å². The van der Waals surface area contributed by atoms with E-state index in [1.165, 1.54) is 45.0 Å². The minimum Gasteiger partial charge on any atom is -0.369 e. The fourth-order valence-corrected chi connectivity index (χ4v) is 5.06. The summed E-state index contributed by atoms with van der Waals surface area (Å²) < 4.78 is 26.8. The Hall–Kier alpha value is -1.18. The van der Waals surface area contributed by atoms with Crippen molar-refractivity contribution in [3.63, 3.8) is 0 Å². The summed E-state index contributed by atoms with van der Waals surface area (Å²) in [6.45, 7) is 5.46. The van der Waals surface area contributed by atoms with Gasteiger partial charge in [0, 0.05) is 32.4 Å². The molecule has 0 spiro atoms. The van der Waals surface area contributed by atoms with Crippen molar-refractivity contribution in [2.45, 2.75) is 49.8 Å². The van der Waals surface area contributed by atoms with Gasteiger partial charge < -0.3 is 10.2 Å². The maximum Gasteiger partial charge on any atom is 0.244 e. The lowest BCUT2D eigenvalue weighted by molar-refractivity contribution is 0.296. The maximum atomic E-state index is 12.6. The lowest BCUT2D eigenvalue weighted by Gasteiger charge is -2.25. The molecule has 0 bridgehead atoms. The van der Waals surface area contributed by atoms with E-state index in [9.17, 15) is 8.42 Å². The van der Waals surface area contributed by atoms with Crippen LogP contribution in [0.25, 0.3) is 0 Å². The van der Waals surface area contributed by atoms with Gasteiger partial charge in [0.05, 0.1) is 0 Å². The quantitative estimate of drug-likeness (QED) is 0.838. The fourth-order valence-electron chi connectivity index (χ4n) is 3.59. The lowest BCUT2D eigenvalue weighted by atomic mass is 10.2. The van der Waals surface area contributed by atoms with Crippen LogP contribution < -0.4 is 5.32 Å². The van der Waals surface area contributed by atoms with Gasteiger partial charge in [-0.15, -0.1) is 0 Å². The molecular formula is C18H30N4O2S. The molecule has 2 saturated heterocycles. The number of sulfonamides is 1. The van der Waals surface area contributed by atoms with Gasteiger partial charge >= 0.3 is 0 Å². The molecule has 2 fully saturated rings. The van der Waals surface area contributed by atoms with Crippen molar-refractivity contribution in [1.82, 2.24) is 14.2 Å². The Morgan fingerprint density at radius 3 is 2.20 bits per heavy atom. The first-order valence-corrected chi connectivity index (χ1v) is 11.0. The van der Waals surface area contributed by atoms with Crippen molar-refractivity contribution in [1.29, 1.82) is 0 Å². The summed E-state index contributed by atoms with van der Waals surface area (Å²) >= 11 is 0. The highest BCUT2D eigenvalue weighted by Crippen LogP contribution is 2.20. The first-order chi connectivity index (χ1) is 12.2. The van der Waals surface area contributed by atoms with Gasteiger partial charge in [0.15, 0.2) is 0 Å². The highest BCUT2D eigenvalue weighted by Gasteiger charge is 2.26. The monoisotopic (exact) mass is 366 g/mol. The van der Waals surface area contributed by atoms with Crippen LogP contribution in [0.2, 0.25) is 0 Å². The van der Waals surface area contributed by atoms with E-state index in [-0.39, 0.29) is 0 Å². The van der Waals surface area contributed by atoms with Crippen LogP contribution in [0.1, 0.15) is 44.9 Å². The molecule has 0 saturated carbocycles. The second kappa shape index (κ2) is 8.96. The zero-order valence-electron chi connectivity index (χ0n) is 15.0. The Balaban J connectivity index is 1.51. The van der Waals surface area contributed by atoms with Gasteiger partial charge in [-0.05, 0) is 50.9 Å². The van der Waals surface area contributed by atoms with E-state index >= 15 is 0 Å². The Morgan fingerprint density at radius 2 is 1.56 bits per heavy atom. The number of hydrogen-bond donors (Lipinski definition) is 1. The van der Waals surface area contributed by atoms with Crippen LogP contribution in [0.5, 0.6) is 0 Å². The van der Waals surface area contributed by atoms with Gasteiger partial charge in [0.1, 0.15) is 10.7 Å². The first kappa shape index (κ1) is 18.6. The molecule has 0 amide bonds. The minimum atomic E-state index is -3.39. The second-order valence-corrected chi connectivity index (χ2v) is 8.96. The molecule has 140 valence electrons. The van der Waals surface area contributed by atoms with Crippen LogP contribution >= 0.6 is 0 Å². The minimum absolute atomic E-state index is 0.299. The SMILES string of the molecule is O=S(=O)(c1ccc(NCCN2CCCCCC2)nc1)N1CCCCC1. The van der Waals surface area contributed by atoms with Crippen LogP contribution in [-0.4, -0.2) is 61.9 Å². The third-order valence-corrected chi connectivity index (χ3v) is 7.00. The summed E-state index contributed by atoms with van der Waals surface area (Å²) in [4.78, 5) is 7.10. The molecule has 2 aliphatic rings. The van der Waals surface area contributed by atoms with Gasteiger partial charge in [-0.1, -0.05) is 19.3 Å². The van der Waals surface area contributed by atoms with E-state index in [1.807, 2.05) is 0 Å². The van der Waals surface area contributed by atoms with Crippen molar-refractivity contribution < 1.29 is 8.42 Å². The summed E-state index contributed by atoms with van der Waals surface area (Å²) in [5.41, 5.74) is 0. The smallest absolute Gasteiger partial charge is 0.244 e. The lowest BCUT2D eigenvalue weighted by Crippen LogP contribution is -2.35. The topological polar surface area (TPSA) is 65.5 Å². The number of nitrogens with one attached hydrogen (secondary N) is 1. The average Bonchev–Trinajstić information content (AvgIpc) is 2.92. The standard InChI is InChI=1S/C18H30N4O2S/c23-25(24,22-13-6-3-7-14-22)17-8-9-18(20-16-17)19-10-15-21-11-4-1-2-5-12-21/h8-9,16H,1-7,10-15H2,(H,19,20). The third kappa shape index (κ3) is 5.15. The number of piperidine rings is 1. The molecule has 3 rings (SSSR count). The van der Waals surface area contributed by atoms with E-state index in [0.29, 0.717) is 18.0 Å². The number of likely N-dealkylation sites (tertiary alicyclic amines) is 1. The van der Waals surface area contributed by atoms with Crippen molar-refractivity contribution in [2.24, 2.45) is 0 Å². The first-order valence-electron chi connectivity index (χ1n) is 9.59. The van der Waals surface area contributed by atoms with E-state index in [4.69, 9.17) is 0 Å². The molecule has 0 aromatic carbocycles. The molecule has 2 aliphatic heterocycles. The fraction of sp³-hybridized carbons (Fsp3) is 0.722. The number of pyridine rings is 1. The molecule has 6 nitrogen and oxygen atoms in total. The molecule has 25 heavy (non-hydrogen) atoms. The van der Waals surface area contributed by atoms with E-state index in [0.717, 1.165) is 38.2 Å². The Bertz CT molecular complexity index is 619. The van der Waals surface area contributed by atoms with Gasteiger partial charge in [-0.2, -0.15) is 4.31 Å². The van der Waals surface area contributed by atoms with Crippen LogP contribution in [0.3, 0.4) is 0 Å². The summed E-state index contributed by atoms with van der Waals surface area (Å²) in [6, 6.07) is 3.45. The highest BCUT2D eigenvalue weighted by atomic mass is 32.2. The number of hydrogen-bond acceptors (Lipinski definition) is 5. The van der Waals surface area contributed by atoms with Crippen LogP contribution in [-0.2, 0) is 10.0 Å². The van der Waals surface area contributed by atoms with Crippen molar-refractivity contribution >= 4 is 15.8 Å². The molecule has 1 N–H and O–H groups in total. The molecule has 0 atom stereocenters. The Kier molecular flexibility index (Phi) is 6.67. The number of aromatic nitrogens is 1. The summed E-state index contributed by atoms with van der Waals surface area (Å²) in [5.74, 6) is 0.743. The maximum absolute atomic E-state index is 12.6. The van der Waals surface area contributed by atoms with Gasteiger partial charge in [0.2, 0.25) is 10.0 Å². The van der Waals surface area contributed by atoms with Gasteiger partial charge in [0.25, 0.3) is 0 Å². The molecule has 3 heterocycles. The molecule has 1 aromatic heterocycles. The van der Waals surface area contributed by atoms with E-state index < -0.39 is 10.0 Å². The zero-order valence-corrected chi connectivity index (χ0v) is 15.8. The molecule has 0 radical (unpaired) electrons. The van der Waals surface area contributed by atoms with E-state index in [2.05, 4.69) is 15.2 Å². The molecular weight excluding hydrogens is 336 g/mol. The number of nitrogens with zero attached hydrogens (tertiary/aromatic N) is 3. The predicted molar refractivity (Wildman–Crippen MR) is 100 cm³/mol. The molecule has 0 aliphatic carbocycles. The zero-order chi connectivity index (χ0) is 17.5. The normalized spacial score (nSPS) is 21.0. The number of rotatable bonds is 6. The van der Waals surface area contributed by atoms with Gasteiger partial charge in [-0.3, -0.25) is 0 Å².